The standard InChI is InChI=1S/C14H16N2O4/c1-3-6-18-12-5-4-11(8-17)14(7-12)19-9-13-10(2)15-20-16-13/h4-5,7-8H,3,6,9H2,1-2H3. The summed E-state index contributed by atoms with van der Waals surface area (Å²) in [5, 5.41) is 7.40. The monoisotopic (exact) mass is 276 g/mol. The van der Waals surface area contributed by atoms with Gasteiger partial charge < -0.3 is 9.47 Å². The number of rotatable bonds is 7. The molecule has 0 fully saturated rings. The van der Waals surface area contributed by atoms with Gasteiger partial charge >= 0.3 is 0 Å². The van der Waals surface area contributed by atoms with Gasteiger partial charge in [-0.25, -0.2) is 4.63 Å². The highest BCUT2D eigenvalue weighted by atomic mass is 16.6. The highest BCUT2D eigenvalue weighted by molar-refractivity contribution is 5.79. The summed E-state index contributed by atoms with van der Waals surface area (Å²) in [6.45, 7) is 4.60. The van der Waals surface area contributed by atoms with Crippen molar-refractivity contribution in [1.82, 2.24) is 10.3 Å². The molecule has 0 saturated carbocycles. The van der Waals surface area contributed by atoms with Crippen molar-refractivity contribution in [3.05, 3.63) is 35.2 Å². The van der Waals surface area contributed by atoms with Gasteiger partial charge in [0.1, 0.15) is 29.5 Å². The highest BCUT2D eigenvalue weighted by Crippen LogP contribution is 2.25. The van der Waals surface area contributed by atoms with Gasteiger partial charge in [0.05, 0.1) is 12.2 Å². The number of carbonyl (C=O) groups is 1. The van der Waals surface area contributed by atoms with Gasteiger partial charge in [-0.2, -0.15) is 0 Å². The van der Waals surface area contributed by atoms with Crippen LogP contribution < -0.4 is 9.47 Å². The van der Waals surface area contributed by atoms with Gasteiger partial charge in [0.2, 0.25) is 0 Å². The van der Waals surface area contributed by atoms with E-state index in [1.54, 1.807) is 25.1 Å². The number of nitrogens with zero attached hydrogens (tertiary/aromatic N) is 2. The first kappa shape index (κ1) is 14.0. The Kier molecular flexibility index (Phi) is 4.70. The van der Waals surface area contributed by atoms with Crippen LogP contribution in [-0.2, 0) is 6.61 Å². The third-order valence-corrected chi connectivity index (χ3v) is 2.70. The smallest absolute Gasteiger partial charge is 0.153 e. The zero-order valence-electron chi connectivity index (χ0n) is 11.5. The molecule has 0 N–H and O–H groups in total. The van der Waals surface area contributed by atoms with Crippen LogP contribution in [-0.4, -0.2) is 23.2 Å². The third kappa shape index (κ3) is 3.34. The van der Waals surface area contributed by atoms with Crippen molar-refractivity contribution in [2.75, 3.05) is 6.61 Å². The molecular formula is C14H16N2O4. The van der Waals surface area contributed by atoms with E-state index in [1.165, 1.54) is 0 Å². The molecule has 0 unspecified atom stereocenters. The Morgan fingerprint density at radius 1 is 1.30 bits per heavy atom. The molecule has 2 rings (SSSR count). The Labute approximate surface area is 116 Å². The normalized spacial score (nSPS) is 10.3. The minimum atomic E-state index is 0.188. The molecule has 0 radical (unpaired) electrons. The van der Waals surface area contributed by atoms with E-state index < -0.39 is 0 Å². The molecule has 2 aromatic rings. The predicted octanol–water partition coefficient (Wildman–Crippen LogP) is 2.56. The highest BCUT2D eigenvalue weighted by Gasteiger charge is 2.09. The lowest BCUT2D eigenvalue weighted by Gasteiger charge is -2.10. The van der Waals surface area contributed by atoms with Crippen LogP contribution in [0, 0.1) is 6.92 Å². The van der Waals surface area contributed by atoms with Crippen molar-refractivity contribution >= 4 is 6.29 Å². The minimum absolute atomic E-state index is 0.188. The summed E-state index contributed by atoms with van der Waals surface area (Å²) in [6.07, 6.45) is 1.66. The van der Waals surface area contributed by atoms with Gasteiger partial charge in [-0.3, -0.25) is 4.79 Å². The molecule has 0 aliphatic carbocycles. The summed E-state index contributed by atoms with van der Waals surface area (Å²) in [4.78, 5) is 11.0. The van der Waals surface area contributed by atoms with Gasteiger partial charge in [0.25, 0.3) is 0 Å². The van der Waals surface area contributed by atoms with Crippen molar-refractivity contribution in [3.63, 3.8) is 0 Å². The average molecular weight is 276 g/mol. The Morgan fingerprint density at radius 2 is 2.15 bits per heavy atom. The van der Waals surface area contributed by atoms with Crippen LogP contribution in [0.1, 0.15) is 35.1 Å². The van der Waals surface area contributed by atoms with Gasteiger partial charge in [0, 0.05) is 6.07 Å². The predicted molar refractivity (Wildman–Crippen MR) is 71.0 cm³/mol. The lowest BCUT2D eigenvalue weighted by molar-refractivity contribution is 0.111. The van der Waals surface area contributed by atoms with Gasteiger partial charge in [-0.15, -0.1) is 0 Å². The maximum absolute atomic E-state index is 11.0. The molecule has 1 aromatic carbocycles. The Bertz CT molecular complexity index is 580. The summed E-state index contributed by atoms with van der Waals surface area (Å²) in [5.41, 5.74) is 1.72. The van der Waals surface area contributed by atoms with Crippen LogP contribution in [0.3, 0.4) is 0 Å². The molecule has 0 spiro atoms. The topological polar surface area (TPSA) is 74.5 Å². The second-order valence-electron chi connectivity index (χ2n) is 4.25. The van der Waals surface area contributed by atoms with E-state index in [0.29, 0.717) is 35.1 Å². The number of aryl methyl sites for hydroxylation is 1. The third-order valence-electron chi connectivity index (χ3n) is 2.70. The zero-order chi connectivity index (χ0) is 14.4. The molecule has 20 heavy (non-hydrogen) atoms. The zero-order valence-corrected chi connectivity index (χ0v) is 11.5. The van der Waals surface area contributed by atoms with E-state index in [0.717, 1.165) is 12.7 Å². The molecule has 6 nitrogen and oxygen atoms in total. The van der Waals surface area contributed by atoms with Crippen molar-refractivity contribution in [1.29, 1.82) is 0 Å². The molecule has 6 heteroatoms. The molecular weight excluding hydrogens is 260 g/mol. The van der Waals surface area contributed by atoms with Gasteiger partial charge in [-0.05, 0) is 25.5 Å². The second kappa shape index (κ2) is 6.70. The Morgan fingerprint density at radius 3 is 2.80 bits per heavy atom. The lowest BCUT2D eigenvalue weighted by Crippen LogP contribution is -2.01. The number of hydrogen-bond acceptors (Lipinski definition) is 6. The molecule has 0 aliphatic heterocycles. The summed E-state index contributed by atoms with van der Waals surface area (Å²) in [7, 11) is 0. The Hall–Kier alpha value is -2.37. The van der Waals surface area contributed by atoms with Crippen molar-refractivity contribution in [3.8, 4) is 11.5 Å². The first-order chi connectivity index (χ1) is 9.74. The summed E-state index contributed by atoms with van der Waals surface area (Å²) >= 11 is 0. The van der Waals surface area contributed by atoms with Crippen molar-refractivity contribution in [2.24, 2.45) is 0 Å². The summed E-state index contributed by atoms with van der Waals surface area (Å²) in [6, 6.07) is 5.11. The quantitative estimate of drug-likeness (QED) is 0.723. The average Bonchev–Trinajstić information content (AvgIpc) is 2.88. The first-order valence-electron chi connectivity index (χ1n) is 6.37. The molecule has 106 valence electrons. The maximum Gasteiger partial charge on any atom is 0.153 e. The number of hydrogen-bond donors (Lipinski definition) is 0. The van der Waals surface area contributed by atoms with Crippen LogP contribution in [0.4, 0.5) is 0 Å². The fraction of sp³-hybridized carbons (Fsp3) is 0.357. The van der Waals surface area contributed by atoms with Gasteiger partial charge in [0.15, 0.2) is 6.29 Å². The molecule has 0 amide bonds. The van der Waals surface area contributed by atoms with Crippen LogP contribution in [0.2, 0.25) is 0 Å². The number of aromatic nitrogens is 2. The van der Waals surface area contributed by atoms with E-state index in [4.69, 9.17) is 9.47 Å². The molecule has 0 bridgehead atoms. The van der Waals surface area contributed by atoms with E-state index in [9.17, 15) is 4.79 Å². The van der Waals surface area contributed by atoms with E-state index in [-0.39, 0.29) is 6.61 Å². The van der Waals surface area contributed by atoms with Crippen LogP contribution >= 0.6 is 0 Å². The molecule has 1 heterocycles. The van der Waals surface area contributed by atoms with Gasteiger partial charge in [-0.1, -0.05) is 17.2 Å². The Balaban J connectivity index is 2.11. The van der Waals surface area contributed by atoms with Crippen molar-refractivity contribution in [2.45, 2.75) is 26.9 Å². The van der Waals surface area contributed by atoms with E-state index >= 15 is 0 Å². The van der Waals surface area contributed by atoms with E-state index in [2.05, 4.69) is 14.9 Å². The SMILES string of the molecule is CCCOc1ccc(C=O)c(OCc2nonc2C)c1. The molecule has 0 aliphatic rings. The molecule has 0 atom stereocenters. The molecule has 1 aromatic heterocycles. The minimum Gasteiger partial charge on any atom is -0.493 e. The fourth-order valence-electron chi connectivity index (χ4n) is 1.57. The first-order valence-corrected chi connectivity index (χ1v) is 6.37. The summed E-state index contributed by atoms with van der Waals surface area (Å²) < 4.78 is 15.7. The maximum atomic E-state index is 11.0. The molecule has 0 saturated heterocycles. The summed E-state index contributed by atoms with van der Waals surface area (Å²) in [5.74, 6) is 1.12. The number of benzene rings is 1. The van der Waals surface area contributed by atoms with Crippen LogP contribution in [0.15, 0.2) is 22.8 Å². The fourth-order valence-corrected chi connectivity index (χ4v) is 1.57. The second-order valence-corrected chi connectivity index (χ2v) is 4.25. The number of carbonyl (C=O) groups excluding carboxylic acids is 1. The van der Waals surface area contributed by atoms with Crippen LogP contribution in [0.25, 0.3) is 0 Å². The number of ether oxygens (including phenoxy) is 2. The number of aldehydes is 1. The lowest BCUT2D eigenvalue weighted by atomic mass is 10.2. The van der Waals surface area contributed by atoms with E-state index in [1.807, 2.05) is 6.92 Å². The largest absolute Gasteiger partial charge is 0.493 e. The van der Waals surface area contributed by atoms with Crippen LogP contribution in [0.5, 0.6) is 11.5 Å². The van der Waals surface area contributed by atoms with Crippen molar-refractivity contribution < 1.29 is 18.9 Å².